The monoisotopic (exact) mass is 353 g/mol. The van der Waals surface area contributed by atoms with Crippen LogP contribution in [0.4, 0.5) is 4.39 Å². The molecule has 0 aliphatic heterocycles. The van der Waals surface area contributed by atoms with Gasteiger partial charge < -0.3 is 4.57 Å². The second-order valence-electron chi connectivity index (χ2n) is 5.47. The van der Waals surface area contributed by atoms with Gasteiger partial charge in [-0.15, -0.1) is 0 Å². The second kappa shape index (κ2) is 4.96. The Morgan fingerprint density at radius 2 is 1.68 bits per heavy atom. The van der Waals surface area contributed by atoms with Gasteiger partial charge in [-0.2, -0.15) is 0 Å². The Hall–Kier alpha value is -2.13. The minimum Gasteiger partial charge on any atom is -0.309 e. The average molecular weight is 354 g/mol. The Bertz CT molecular complexity index is 999. The zero-order valence-electron chi connectivity index (χ0n) is 12.0. The molecule has 0 unspecified atom stereocenters. The minimum atomic E-state index is -0.188. The van der Waals surface area contributed by atoms with Gasteiger partial charge in [0.15, 0.2) is 0 Å². The summed E-state index contributed by atoms with van der Waals surface area (Å²) in [5.41, 5.74) is 4.14. The molecule has 108 valence electrons. The summed E-state index contributed by atoms with van der Waals surface area (Å²) in [5, 5.41) is 1.59. The van der Waals surface area contributed by atoms with E-state index < -0.39 is 0 Å². The number of benzene rings is 3. The summed E-state index contributed by atoms with van der Waals surface area (Å²) < 4.78 is 17.5. The zero-order valence-corrected chi connectivity index (χ0v) is 13.6. The molecule has 0 saturated heterocycles. The highest BCUT2D eigenvalue weighted by molar-refractivity contribution is 9.10. The van der Waals surface area contributed by atoms with Gasteiger partial charge in [-0.1, -0.05) is 39.7 Å². The van der Waals surface area contributed by atoms with Gasteiger partial charge in [0.25, 0.3) is 0 Å². The summed E-state index contributed by atoms with van der Waals surface area (Å²) in [4.78, 5) is 0. The fraction of sp³-hybridized carbons (Fsp3) is 0.0526. The number of nitrogens with zero attached hydrogens (tertiary/aromatic N) is 1. The van der Waals surface area contributed by atoms with Crippen molar-refractivity contribution in [1.82, 2.24) is 4.57 Å². The van der Waals surface area contributed by atoms with Crippen LogP contribution in [0.15, 0.2) is 65.1 Å². The van der Waals surface area contributed by atoms with Crippen molar-refractivity contribution in [2.75, 3.05) is 0 Å². The third kappa shape index (κ3) is 1.97. The summed E-state index contributed by atoms with van der Waals surface area (Å²) in [6, 6.07) is 19.5. The van der Waals surface area contributed by atoms with Crippen LogP contribution in [0, 0.1) is 12.7 Å². The lowest BCUT2D eigenvalue weighted by Crippen LogP contribution is -1.93. The van der Waals surface area contributed by atoms with Crippen LogP contribution in [0.25, 0.3) is 27.5 Å². The lowest BCUT2D eigenvalue weighted by atomic mass is 10.1. The number of aromatic nitrogens is 1. The number of rotatable bonds is 1. The number of halogens is 2. The largest absolute Gasteiger partial charge is 0.309 e. The van der Waals surface area contributed by atoms with Gasteiger partial charge in [-0.05, 0) is 49.4 Å². The molecule has 1 heterocycles. The molecule has 0 radical (unpaired) electrons. The van der Waals surface area contributed by atoms with Gasteiger partial charge in [-0.25, -0.2) is 4.39 Å². The summed E-state index contributed by atoms with van der Waals surface area (Å²) >= 11 is 3.49. The molecule has 3 heteroatoms. The summed E-state index contributed by atoms with van der Waals surface area (Å²) in [5.74, 6) is -0.188. The predicted molar refractivity (Wildman–Crippen MR) is 93.2 cm³/mol. The molecule has 0 fully saturated rings. The molecule has 0 aliphatic rings. The molecule has 4 aromatic rings. The van der Waals surface area contributed by atoms with Gasteiger partial charge in [0.05, 0.1) is 11.0 Å². The van der Waals surface area contributed by atoms with Crippen LogP contribution in [0.1, 0.15) is 5.56 Å². The SMILES string of the molecule is Cc1ccc(-n2c3ccc(Br)cc3c3c(F)cccc32)cc1. The Morgan fingerprint density at radius 3 is 2.45 bits per heavy atom. The van der Waals surface area contributed by atoms with Crippen molar-refractivity contribution < 1.29 is 4.39 Å². The van der Waals surface area contributed by atoms with E-state index in [0.29, 0.717) is 5.39 Å². The molecule has 1 nitrogen and oxygen atoms in total. The molecule has 0 aliphatic carbocycles. The maximum Gasteiger partial charge on any atom is 0.133 e. The molecular formula is C19H13BrFN. The Morgan fingerprint density at radius 1 is 0.909 bits per heavy atom. The molecule has 3 aromatic carbocycles. The van der Waals surface area contributed by atoms with Crippen LogP contribution in [0.3, 0.4) is 0 Å². The number of aryl methyl sites for hydroxylation is 1. The third-order valence-electron chi connectivity index (χ3n) is 3.99. The van der Waals surface area contributed by atoms with Gasteiger partial charge in [-0.3, -0.25) is 0 Å². The van der Waals surface area contributed by atoms with E-state index in [2.05, 4.69) is 51.7 Å². The number of hydrogen-bond donors (Lipinski definition) is 0. The van der Waals surface area contributed by atoms with E-state index >= 15 is 0 Å². The highest BCUT2D eigenvalue weighted by Crippen LogP contribution is 2.35. The highest BCUT2D eigenvalue weighted by Gasteiger charge is 2.15. The van der Waals surface area contributed by atoms with Crippen molar-refractivity contribution in [3.8, 4) is 5.69 Å². The molecule has 0 N–H and O–H groups in total. The lowest BCUT2D eigenvalue weighted by molar-refractivity contribution is 0.640. The van der Waals surface area contributed by atoms with Crippen LogP contribution < -0.4 is 0 Å². The van der Waals surface area contributed by atoms with Crippen LogP contribution in [0.5, 0.6) is 0 Å². The first-order valence-corrected chi connectivity index (χ1v) is 7.90. The maximum absolute atomic E-state index is 14.4. The van der Waals surface area contributed by atoms with Crippen molar-refractivity contribution in [3.63, 3.8) is 0 Å². The van der Waals surface area contributed by atoms with E-state index in [-0.39, 0.29) is 5.82 Å². The molecular weight excluding hydrogens is 341 g/mol. The molecule has 22 heavy (non-hydrogen) atoms. The topological polar surface area (TPSA) is 4.93 Å². The molecule has 1 aromatic heterocycles. The zero-order chi connectivity index (χ0) is 15.3. The second-order valence-corrected chi connectivity index (χ2v) is 6.38. The molecule has 0 saturated carbocycles. The number of fused-ring (bicyclic) bond motifs is 3. The Labute approximate surface area is 136 Å². The van der Waals surface area contributed by atoms with Gasteiger partial charge >= 0.3 is 0 Å². The van der Waals surface area contributed by atoms with Crippen molar-refractivity contribution in [3.05, 3.63) is 76.5 Å². The van der Waals surface area contributed by atoms with Crippen molar-refractivity contribution in [2.45, 2.75) is 6.92 Å². The summed E-state index contributed by atoms with van der Waals surface area (Å²) in [6.45, 7) is 2.06. The molecule has 0 atom stereocenters. The predicted octanol–water partition coefficient (Wildman–Crippen LogP) is 5.99. The third-order valence-corrected chi connectivity index (χ3v) is 4.49. The van der Waals surface area contributed by atoms with Gasteiger partial charge in [0.2, 0.25) is 0 Å². The van der Waals surface area contributed by atoms with Crippen molar-refractivity contribution >= 4 is 37.7 Å². The van der Waals surface area contributed by atoms with Crippen LogP contribution in [0.2, 0.25) is 0 Å². The summed E-state index contributed by atoms with van der Waals surface area (Å²) in [7, 11) is 0. The smallest absolute Gasteiger partial charge is 0.133 e. The molecule has 0 amide bonds. The molecule has 0 bridgehead atoms. The van der Waals surface area contributed by atoms with Gasteiger partial charge in [0.1, 0.15) is 5.82 Å². The van der Waals surface area contributed by atoms with E-state index in [1.165, 1.54) is 11.6 Å². The summed E-state index contributed by atoms with van der Waals surface area (Å²) in [6.07, 6.45) is 0. The van der Waals surface area contributed by atoms with E-state index in [0.717, 1.165) is 26.6 Å². The first-order valence-electron chi connectivity index (χ1n) is 7.10. The van der Waals surface area contributed by atoms with Crippen LogP contribution >= 0.6 is 15.9 Å². The fourth-order valence-corrected chi connectivity index (χ4v) is 3.33. The van der Waals surface area contributed by atoms with E-state index in [4.69, 9.17) is 0 Å². The van der Waals surface area contributed by atoms with Crippen molar-refractivity contribution in [2.24, 2.45) is 0 Å². The molecule has 4 rings (SSSR count). The first-order chi connectivity index (χ1) is 10.6. The quantitative estimate of drug-likeness (QED) is 0.395. The normalized spacial score (nSPS) is 11.4. The van der Waals surface area contributed by atoms with E-state index in [9.17, 15) is 4.39 Å². The first kappa shape index (κ1) is 13.5. The minimum absolute atomic E-state index is 0.188. The van der Waals surface area contributed by atoms with Crippen LogP contribution in [-0.4, -0.2) is 4.57 Å². The Kier molecular flexibility index (Phi) is 3.05. The number of hydrogen-bond acceptors (Lipinski definition) is 0. The van der Waals surface area contributed by atoms with Gasteiger partial charge in [0, 0.05) is 20.9 Å². The maximum atomic E-state index is 14.4. The fourth-order valence-electron chi connectivity index (χ4n) is 2.97. The average Bonchev–Trinajstić information content (AvgIpc) is 2.83. The lowest BCUT2D eigenvalue weighted by Gasteiger charge is -2.08. The van der Waals surface area contributed by atoms with Crippen molar-refractivity contribution in [1.29, 1.82) is 0 Å². The highest BCUT2D eigenvalue weighted by atomic mass is 79.9. The molecule has 0 spiro atoms. The Balaban J connectivity index is 2.20. The van der Waals surface area contributed by atoms with Crippen LogP contribution in [-0.2, 0) is 0 Å². The van der Waals surface area contributed by atoms with E-state index in [1.807, 2.05) is 24.3 Å². The van der Waals surface area contributed by atoms with E-state index in [1.54, 1.807) is 6.07 Å². The standard InChI is InChI=1S/C19H13BrFN/c1-12-5-8-14(9-6-12)22-17-10-7-13(20)11-15(17)19-16(21)3-2-4-18(19)22/h2-11H,1H3.